The molecule has 4 heterocycles. The minimum Gasteiger partial charge on any atom is -0.458 e. The van der Waals surface area contributed by atoms with Crippen molar-refractivity contribution >= 4 is 30.6 Å². The number of ether oxygens (including phenoxy) is 1. The second-order valence-electron chi connectivity index (χ2n) is 11.4. The van der Waals surface area contributed by atoms with Gasteiger partial charge in [0.15, 0.2) is 5.60 Å². The number of hydrogen-bond acceptors (Lipinski definition) is 10. The Morgan fingerprint density at radius 3 is 2.61 bits per heavy atom. The Balaban J connectivity index is 1.43. The van der Waals surface area contributed by atoms with Gasteiger partial charge in [0, 0.05) is 22.6 Å². The summed E-state index contributed by atoms with van der Waals surface area (Å²) in [6.45, 7) is 9.22. The Labute approximate surface area is 263 Å². The first-order chi connectivity index (χ1) is 22.0. The summed E-state index contributed by atoms with van der Waals surface area (Å²) in [5.41, 5.74) is 1.50. The summed E-state index contributed by atoms with van der Waals surface area (Å²) in [5.74, 6) is -1.88. The number of amides is 1. The standard InChI is InChI=1S/C32H33FN3O9P/c1-5-10-43-46(41,44-11-6-2)45-16-26(37)34-23-9-8-18-17(4)22(33)13-24-27(18)28(23)19-14-36-25(29(19)35-24)12-21-20(30(36)38)15-42-31(39)32(21,40)7-3/h5-6,12-13,23,40H,1-2,7-11,14-16H2,3-4H3,(H,34,37)/t23-,32-/m0/s1. The predicted molar refractivity (Wildman–Crippen MR) is 164 cm³/mol. The normalized spacial score (nSPS) is 19.7. The van der Waals surface area contributed by atoms with E-state index in [1.165, 1.54) is 22.8 Å². The van der Waals surface area contributed by atoms with Crippen molar-refractivity contribution in [1.29, 1.82) is 0 Å². The molecular formula is C32H33FN3O9P. The minimum absolute atomic E-state index is 0.0147. The highest BCUT2D eigenvalue weighted by Crippen LogP contribution is 2.50. The molecule has 1 aliphatic carbocycles. The van der Waals surface area contributed by atoms with Gasteiger partial charge in [0.05, 0.1) is 48.3 Å². The van der Waals surface area contributed by atoms with E-state index in [9.17, 15) is 24.1 Å². The molecule has 14 heteroatoms. The van der Waals surface area contributed by atoms with Crippen LogP contribution in [0.4, 0.5) is 4.39 Å². The first-order valence-corrected chi connectivity index (χ1v) is 16.3. The summed E-state index contributed by atoms with van der Waals surface area (Å²) >= 11 is 0. The van der Waals surface area contributed by atoms with E-state index < -0.39 is 49.3 Å². The number of aliphatic hydroxyl groups is 1. The molecule has 12 nitrogen and oxygen atoms in total. The summed E-state index contributed by atoms with van der Waals surface area (Å²) in [5, 5.41) is 14.9. The van der Waals surface area contributed by atoms with Crippen LogP contribution in [-0.2, 0) is 57.6 Å². The van der Waals surface area contributed by atoms with Crippen molar-refractivity contribution in [2.24, 2.45) is 0 Å². The third kappa shape index (κ3) is 5.12. The fourth-order valence-electron chi connectivity index (χ4n) is 6.47. The molecule has 0 fully saturated rings. The maximum Gasteiger partial charge on any atom is 0.475 e. The van der Waals surface area contributed by atoms with E-state index in [2.05, 4.69) is 18.5 Å². The van der Waals surface area contributed by atoms with Crippen LogP contribution in [0.2, 0.25) is 0 Å². The number of aromatic nitrogens is 2. The van der Waals surface area contributed by atoms with E-state index in [1.54, 1.807) is 19.9 Å². The van der Waals surface area contributed by atoms with Gasteiger partial charge in [0.25, 0.3) is 5.56 Å². The third-order valence-corrected chi connectivity index (χ3v) is 10.1. The Morgan fingerprint density at radius 2 is 1.93 bits per heavy atom. The monoisotopic (exact) mass is 653 g/mol. The van der Waals surface area contributed by atoms with Crippen molar-refractivity contribution in [1.82, 2.24) is 14.9 Å². The number of phosphoric acid groups is 1. The number of carbonyl (C=O) groups is 2. The lowest BCUT2D eigenvalue weighted by atomic mass is 9.81. The summed E-state index contributed by atoms with van der Waals surface area (Å²) in [4.78, 5) is 44.4. The number of benzene rings is 1. The van der Waals surface area contributed by atoms with Gasteiger partial charge in [-0.2, -0.15) is 0 Å². The zero-order valence-electron chi connectivity index (χ0n) is 25.4. The van der Waals surface area contributed by atoms with Crippen LogP contribution in [0.15, 0.2) is 42.2 Å². The second kappa shape index (κ2) is 12.0. The van der Waals surface area contributed by atoms with Crippen molar-refractivity contribution in [3.05, 3.63) is 87.0 Å². The molecule has 2 aromatic heterocycles. The number of hydrogen-bond donors (Lipinski definition) is 2. The number of nitrogens with zero attached hydrogens (tertiary/aromatic N) is 2. The summed E-state index contributed by atoms with van der Waals surface area (Å²) in [7, 11) is -4.10. The van der Waals surface area contributed by atoms with Crippen molar-refractivity contribution < 1.29 is 42.0 Å². The topological polar surface area (TPSA) is 155 Å². The number of esters is 1. The first kappa shape index (κ1) is 32.0. The average molecular weight is 654 g/mol. The van der Waals surface area contributed by atoms with Gasteiger partial charge in [-0.15, -0.1) is 13.2 Å². The summed E-state index contributed by atoms with van der Waals surface area (Å²) < 4.78 is 50.4. The lowest BCUT2D eigenvalue weighted by molar-refractivity contribution is -0.172. The molecule has 0 unspecified atom stereocenters. The quantitative estimate of drug-likeness (QED) is 0.137. The average Bonchev–Trinajstić information content (AvgIpc) is 3.42. The van der Waals surface area contributed by atoms with Crippen LogP contribution >= 0.6 is 7.82 Å². The number of pyridine rings is 2. The van der Waals surface area contributed by atoms with E-state index in [-0.39, 0.29) is 43.9 Å². The largest absolute Gasteiger partial charge is 0.475 e. The minimum atomic E-state index is -4.10. The van der Waals surface area contributed by atoms with Gasteiger partial charge in [-0.1, -0.05) is 19.1 Å². The number of nitrogens with one attached hydrogen (secondary N) is 1. The number of aryl methyl sites for hydroxylation is 1. The van der Waals surface area contributed by atoms with Gasteiger partial charge >= 0.3 is 13.8 Å². The third-order valence-electron chi connectivity index (χ3n) is 8.77. The van der Waals surface area contributed by atoms with Gasteiger partial charge in [0.2, 0.25) is 5.91 Å². The Kier molecular flexibility index (Phi) is 8.32. The summed E-state index contributed by atoms with van der Waals surface area (Å²) in [6, 6.07) is 2.30. The summed E-state index contributed by atoms with van der Waals surface area (Å²) in [6.07, 6.45) is 3.54. The van der Waals surface area contributed by atoms with Crippen molar-refractivity contribution in [2.75, 3.05) is 19.8 Å². The van der Waals surface area contributed by atoms with Gasteiger partial charge in [-0.3, -0.25) is 23.2 Å². The molecule has 2 N–H and O–H groups in total. The van der Waals surface area contributed by atoms with Crippen LogP contribution in [0.5, 0.6) is 0 Å². The number of cyclic esters (lactones) is 1. The van der Waals surface area contributed by atoms with E-state index in [0.29, 0.717) is 51.8 Å². The molecule has 2 atom stereocenters. The highest BCUT2D eigenvalue weighted by molar-refractivity contribution is 7.48. The Morgan fingerprint density at radius 1 is 1.22 bits per heavy atom. The highest BCUT2D eigenvalue weighted by Gasteiger charge is 2.46. The van der Waals surface area contributed by atoms with Crippen LogP contribution in [0.3, 0.4) is 0 Å². The number of fused-ring (bicyclic) bond motifs is 5. The number of phosphoric ester groups is 1. The second-order valence-corrected chi connectivity index (χ2v) is 13.0. The molecule has 1 amide bonds. The lowest BCUT2D eigenvalue weighted by Gasteiger charge is -2.31. The van der Waals surface area contributed by atoms with Crippen LogP contribution < -0.4 is 10.9 Å². The van der Waals surface area contributed by atoms with E-state index in [0.717, 1.165) is 5.56 Å². The van der Waals surface area contributed by atoms with Crippen molar-refractivity contribution in [3.63, 3.8) is 0 Å². The number of rotatable bonds is 11. The van der Waals surface area contributed by atoms with Crippen LogP contribution in [0, 0.1) is 12.7 Å². The molecule has 1 aromatic carbocycles. The Bertz CT molecular complexity index is 1920. The fraction of sp³-hybridized carbons (Fsp3) is 0.375. The van der Waals surface area contributed by atoms with Gasteiger partial charge in [-0.25, -0.2) is 18.7 Å². The molecular weight excluding hydrogens is 620 g/mol. The Hall–Kier alpha value is -4.00. The van der Waals surface area contributed by atoms with Gasteiger partial charge < -0.3 is 19.7 Å². The SMILES string of the molecule is C=CCOP(=O)(OCC=C)OCC(=O)N[C@H]1CCc2c(C)c(F)cc3nc4c(c1c23)Cn1c-4cc2c(c1=O)COC(=O)[C@]2(O)CC. The predicted octanol–water partition coefficient (Wildman–Crippen LogP) is 4.16. The molecule has 0 saturated carbocycles. The van der Waals surface area contributed by atoms with Crippen LogP contribution in [-0.4, -0.2) is 46.4 Å². The first-order valence-electron chi connectivity index (χ1n) is 14.8. The van der Waals surface area contributed by atoms with Gasteiger partial charge in [0.1, 0.15) is 19.0 Å². The maximum atomic E-state index is 15.1. The molecule has 0 spiro atoms. The van der Waals surface area contributed by atoms with Crippen molar-refractivity contribution in [2.45, 2.75) is 57.9 Å². The van der Waals surface area contributed by atoms with Crippen LogP contribution in [0.1, 0.15) is 59.2 Å². The van der Waals surface area contributed by atoms with Crippen LogP contribution in [0.25, 0.3) is 22.3 Å². The molecule has 46 heavy (non-hydrogen) atoms. The number of carbonyl (C=O) groups excluding carboxylic acids is 2. The van der Waals surface area contributed by atoms with E-state index in [1.807, 2.05) is 0 Å². The van der Waals surface area contributed by atoms with Crippen molar-refractivity contribution in [3.8, 4) is 11.4 Å². The van der Waals surface area contributed by atoms with E-state index in [4.69, 9.17) is 23.3 Å². The maximum absolute atomic E-state index is 15.1. The molecule has 0 saturated heterocycles. The zero-order valence-corrected chi connectivity index (χ0v) is 26.3. The number of halogens is 1. The molecule has 0 bridgehead atoms. The lowest BCUT2D eigenvalue weighted by Crippen LogP contribution is -2.44. The van der Waals surface area contributed by atoms with E-state index >= 15 is 4.39 Å². The molecule has 6 rings (SSSR count). The highest BCUT2D eigenvalue weighted by atomic mass is 31.2. The smallest absolute Gasteiger partial charge is 0.458 e. The molecule has 0 radical (unpaired) electrons. The van der Waals surface area contributed by atoms with Gasteiger partial charge in [-0.05, 0) is 48.9 Å². The molecule has 2 aliphatic heterocycles. The zero-order chi connectivity index (χ0) is 33.0. The molecule has 3 aliphatic rings. The molecule has 3 aromatic rings. The fourth-order valence-corrected chi connectivity index (χ4v) is 7.55. The molecule has 242 valence electrons.